The van der Waals surface area contributed by atoms with Crippen LogP contribution >= 0.6 is 0 Å². The summed E-state index contributed by atoms with van der Waals surface area (Å²) in [6.07, 6.45) is 0. The third-order valence-corrected chi connectivity index (χ3v) is 10.5. The summed E-state index contributed by atoms with van der Waals surface area (Å²) in [4.78, 5) is 19.7. The Kier molecular flexibility index (Phi) is 7.38. The van der Waals surface area contributed by atoms with Gasteiger partial charge in [0.05, 0.1) is 16.6 Å². The van der Waals surface area contributed by atoms with E-state index in [1.165, 1.54) is 26.9 Å². The van der Waals surface area contributed by atoms with Crippen molar-refractivity contribution in [1.29, 1.82) is 0 Å². The van der Waals surface area contributed by atoms with Gasteiger partial charge >= 0.3 is 0 Å². The van der Waals surface area contributed by atoms with Crippen LogP contribution in [0.2, 0.25) is 0 Å². The third kappa shape index (κ3) is 5.43. The van der Waals surface area contributed by atoms with Crippen molar-refractivity contribution in [3.05, 3.63) is 188 Å². The number of fused-ring (bicyclic) bond motifs is 10. The smallest absolute Gasteiger partial charge is 0.164 e. The molecule has 6 heteroatoms. The van der Waals surface area contributed by atoms with Crippen LogP contribution in [0.25, 0.3) is 94.4 Å². The summed E-state index contributed by atoms with van der Waals surface area (Å²) in [7, 11) is 0. The highest BCUT2D eigenvalue weighted by molar-refractivity contribution is 6.23. The highest BCUT2D eigenvalue weighted by Gasteiger charge is 2.17. The summed E-state index contributed by atoms with van der Waals surface area (Å²) in [5.41, 5.74) is 9.15. The first kappa shape index (κ1) is 31.8. The normalized spacial score (nSPS) is 11.6. The monoisotopic (exact) mass is 717 g/mol. The summed E-state index contributed by atoms with van der Waals surface area (Å²) >= 11 is 0. The summed E-state index contributed by atoms with van der Waals surface area (Å²) in [5.74, 6) is 3.34. The zero-order valence-corrected chi connectivity index (χ0v) is 30.0. The molecule has 3 heterocycles. The van der Waals surface area contributed by atoms with E-state index in [1.54, 1.807) is 0 Å². The van der Waals surface area contributed by atoms with Crippen molar-refractivity contribution in [3.8, 4) is 56.8 Å². The average Bonchev–Trinajstić information content (AvgIpc) is 3.67. The Morgan fingerprint density at radius 1 is 0.357 bits per heavy atom. The molecule has 0 atom stereocenters. The molecule has 0 spiro atoms. The van der Waals surface area contributed by atoms with Crippen molar-refractivity contribution in [3.63, 3.8) is 0 Å². The van der Waals surface area contributed by atoms with E-state index in [-0.39, 0.29) is 0 Å². The molecule has 262 valence electrons. The molecule has 0 saturated heterocycles. The van der Waals surface area contributed by atoms with E-state index < -0.39 is 0 Å². The topological polar surface area (TPSA) is 65.2 Å². The molecule has 11 aromatic rings. The van der Waals surface area contributed by atoms with E-state index in [0.717, 1.165) is 61.5 Å². The number of aromatic nitrogens is 5. The van der Waals surface area contributed by atoms with Crippen LogP contribution in [0.4, 0.5) is 0 Å². The Balaban J connectivity index is 0.917. The van der Waals surface area contributed by atoms with Gasteiger partial charge < -0.3 is 4.74 Å². The SMILES string of the molecule is c1ccc(-c2nc(-c3ccccc3)nc(-c3ccc(Oc4ccc(-c5ccc6c7ccc8ccccc8c7c7nc8ccccc8n7c6c5)cc4)cc3)n2)cc1. The predicted molar refractivity (Wildman–Crippen MR) is 227 cm³/mol. The van der Waals surface area contributed by atoms with Crippen LogP contribution < -0.4 is 4.74 Å². The molecule has 56 heavy (non-hydrogen) atoms. The molecule has 11 rings (SSSR count). The van der Waals surface area contributed by atoms with Gasteiger partial charge in [0, 0.05) is 27.5 Å². The summed E-state index contributed by atoms with van der Waals surface area (Å²) in [6, 6.07) is 64.3. The van der Waals surface area contributed by atoms with Crippen molar-refractivity contribution in [1.82, 2.24) is 24.3 Å². The fourth-order valence-corrected chi connectivity index (χ4v) is 7.76. The van der Waals surface area contributed by atoms with E-state index in [2.05, 4.69) is 95.4 Å². The Morgan fingerprint density at radius 2 is 0.893 bits per heavy atom. The van der Waals surface area contributed by atoms with Crippen LogP contribution in [0.5, 0.6) is 11.5 Å². The van der Waals surface area contributed by atoms with E-state index in [0.29, 0.717) is 17.5 Å². The molecule has 8 aromatic carbocycles. The van der Waals surface area contributed by atoms with Crippen molar-refractivity contribution in [2.45, 2.75) is 0 Å². The van der Waals surface area contributed by atoms with Gasteiger partial charge in [-0.15, -0.1) is 0 Å². The van der Waals surface area contributed by atoms with Crippen LogP contribution in [-0.4, -0.2) is 24.3 Å². The number of imidazole rings is 1. The molecule has 0 unspecified atom stereocenters. The summed E-state index contributed by atoms with van der Waals surface area (Å²) in [6.45, 7) is 0. The molecule has 0 aliphatic carbocycles. The molecule has 6 nitrogen and oxygen atoms in total. The maximum atomic E-state index is 6.33. The van der Waals surface area contributed by atoms with E-state index in [1.807, 2.05) is 97.1 Å². The number of hydrogen-bond donors (Lipinski definition) is 0. The maximum Gasteiger partial charge on any atom is 0.164 e. The van der Waals surface area contributed by atoms with Crippen LogP contribution in [0.3, 0.4) is 0 Å². The van der Waals surface area contributed by atoms with Gasteiger partial charge in [0.2, 0.25) is 0 Å². The lowest BCUT2D eigenvalue weighted by atomic mass is 9.97. The van der Waals surface area contributed by atoms with Crippen molar-refractivity contribution in [2.24, 2.45) is 0 Å². The standard InChI is InChI=1S/C50H31N5O/c1-3-12-34(13-4-1)47-52-48(35-14-5-2-6-15-35)54-49(53-47)36-21-27-39(28-22-36)56-38-25-19-32(20-26-38)37-24-29-41-42-30-23-33-11-7-8-16-40(33)46(42)50-51-43-17-9-10-18-44(43)55(50)45(41)31-37/h1-31H. The Hall–Kier alpha value is -7.70. The van der Waals surface area contributed by atoms with Gasteiger partial charge in [0.25, 0.3) is 0 Å². The van der Waals surface area contributed by atoms with Gasteiger partial charge in [-0.05, 0) is 81.9 Å². The van der Waals surface area contributed by atoms with E-state index in [9.17, 15) is 0 Å². The fraction of sp³-hybridized carbons (Fsp3) is 0. The fourth-order valence-electron chi connectivity index (χ4n) is 7.76. The Bertz CT molecular complexity index is 3190. The molecule has 0 amide bonds. The van der Waals surface area contributed by atoms with Gasteiger partial charge in [-0.2, -0.15) is 0 Å². The lowest BCUT2D eigenvalue weighted by Gasteiger charge is -2.13. The van der Waals surface area contributed by atoms with Crippen LogP contribution in [0.1, 0.15) is 0 Å². The molecular formula is C50H31N5O. The lowest BCUT2D eigenvalue weighted by molar-refractivity contribution is 0.483. The second-order valence-corrected chi connectivity index (χ2v) is 13.9. The van der Waals surface area contributed by atoms with Crippen molar-refractivity contribution in [2.75, 3.05) is 0 Å². The molecule has 0 aliphatic rings. The molecule has 3 aromatic heterocycles. The van der Waals surface area contributed by atoms with E-state index in [4.69, 9.17) is 24.7 Å². The minimum Gasteiger partial charge on any atom is -0.457 e. The minimum atomic E-state index is 0.603. The number of hydrogen-bond acceptors (Lipinski definition) is 5. The summed E-state index contributed by atoms with van der Waals surface area (Å²) < 4.78 is 8.66. The van der Waals surface area contributed by atoms with Crippen molar-refractivity contribution < 1.29 is 4.74 Å². The van der Waals surface area contributed by atoms with Gasteiger partial charge in [0.15, 0.2) is 17.5 Å². The predicted octanol–water partition coefficient (Wildman–Crippen LogP) is 12.6. The number of ether oxygens (including phenoxy) is 1. The first-order valence-corrected chi connectivity index (χ1v) is 18.6. The van der Waals surface area contributed by atoms with Gasteiger partial charge in [-0.3, -0.25) is 4.40 Å². The van der Waals surface area contributed by atoms with Gasteiger partial charge in [-0.1, -0.05) is 133 Å². The highest BCUT2D eigenvalue weighted by Crippen LogP contribution is 2.38. The number of para-hydroxylation sites is 2. The van der Waals surface area contributed by atoms with Crippen LogP contribution in [0.15, 0.2) is 188 Å². The number of rotatable bonds is 6. The molecule has 0 bridgehead atoms. The second kappa shape index (κ2) is 13.0. The Labute approximate surface area is 322 Å². The van der Waals surface area contributed by atoms with E-state index >= 15 is 0 Å². The molecular weight excluding hydrogens is 687 g/mol. The average molecular weight is 718 g/mol. The molecule has 0 saturated carbocycles. The quantitative estimate of drug-likeness (QED) is 0.160. The largest absolute Gasteiger partial charge is 0.457 e. The number of nitrogens with zero attached hydrogens (tertiary/aromatic N) is 5. The zero-order valence-electron chi connectivity index (χ0n) is 30.0. The molecule has 0 aliphatic heterocycles. The highest BCUT2D eigenvalue weighted by atomic mass is 16.5. The second-order valence-electron chi connectivity index (χ2n) is 13.9. The molecule has 0 fully saturated rings. The number of pyridine rings is 1. The molecule has 0 N–H and O–H groups in total. The van der Waals surface area contributed by atoms with Crippen molar-refractivity contribution >= 4 is 49.1 Å². The van der Waals surface area contributed by atoms with Crippen LogP contribution in [0, 0.1) is 0 Å². The van der Waals surface area contributed by atoms with Gasteiger partial charge in [0.1, 0.15) is 17.1 Å². The first-order chi connectivity index (χ1) is 27.7. The summed E-state index contributed by atoms with van der Waals surface area (Å²) in [5, 5.41) is 5.99. The van der Waals surface area contributed by atoms with Crippen LogP contribution in [-0.2, 0) is 0 Å². The first-order valence-electron chi connectivity index (χ1n) is 18.6. The molecule has 0 radical (unpaired) electrons. The minimum absolute atomic E-state index is 0.603. The maximum absolute atomic E-state index is 6.33. The van der Waals surface area contributed by atoms with Gasteiger partial charge in [-0.25, -0.2) is 19.9 Å². The Morgan fingerprint density at radius 3 is 1.57 bits per heavy atom. The third-order valence-electron chi connectivity index (χ3n) is 10.5. The number of benzene rings is 8. The lowest BCUT2D eigenvalue weighted by Crippen LogP contribution is -2.00. The zero-order chi connectivity index (χ0) is 37.0.